The molecule has 0 saturated heterocycles. The Balaban J connectivity index is 1.70. The molecule has 1 aromatic carbocycles. The van der Waals surface area contributed by atoms with Gasteiger partial charge < -0.3 is 10.5 Å². The fraction of sp³-hybridized carbons (Fsp3) is 0.571. The Morgan fingerprint density at radius 2 is 2.06 bits per heavy atom. The molecular formula is C14H20N2O. The lowest BCUT2D eigenvalue weighted by atomic mass is 9.79. The van der Waals surface area contributed by atoms with Crippen LogP contribution >= 0.6 is 0 Å². The van der Waals surface area contributed by atoms with Gasteiger partial charge in [-0.05, 0) is 42.5 Å². The highest BCUT2D eigenvalue weighted by Crippen LogP contribution is 2.37. The average Bonchev–Trinajstić information content (AvgIpc) is 2.65. The molecule has 1 heterocycles. The van der Waals surface area contributed by atoms with Gasteiger partial charge in [0.2, 0.25) is 0 Å². The molecule has 0 amide bonds. The van der Waals surface area contributed by atoms with E-state index in [0.29, 0.717) is 0 Å². The molecule has 1 fully saturated rings. The molecule has 17 heavy (non-hydrogen) atoms. The quantitative estimate of drug-likeness (QED) is 0.812. The van der Waals surface area contributed by atoms with Crippen molar-refractivity contribution in [1.29, 1.82) is 0 Å². The summed E-state index contributed by atoms with van der Waals surface area (Å²) in [5.74, 6) is 0. The minimum atomic E-state index is 0.133. The molecule has 0 radical (unpaired) electrons. The molecular weight excluding hydrogens is 212 g/mol. The van der Waals surface area contributed by atoms with Gasteiger partial charge in [0.15, 0.2) is 0 Å². The minimum Gasteiger partial charge on any atom is -0.399 e. The zero-order chi connectivity index (χ0) is 11.9. The van der Waals surface area contributed by atoms with E-state index < -0.39 is 0 Å². The van der Waals surface area contributed by atoms with Crippen LogP contribution in [0.1, 0.15) is 30.4 Å². The molecule has 92 valence electrons. The number of hydrogen-bond donors (Lipinski definition) is 1. The van der Waals surface area contributed by atoms with Gasteiger partial charge in [0, 0.05) is 32.4 Å². The number of nitrogen functional groups attached to an aromatic ring is 1. The first-order chi connectivity index (χ1) is 8.21. The number of nitrogens with two attached hydrogens (primary N) is 1. The van der Waals surface area contributed by atoms with Gasteiger partial charge in [-0.1, -0.05) is 6.07 Å². The normalized spacial score (nSPS) is 22.2. The van der Waals surface area contributed by atoms with Crippen LogP contribution < -0.4 is 5.73 Å². The third-order valence-corrected chi connectivity index (χ3v) is 4.23. The van der Waals surface area contributed by atoms with Gasteiger partial charge in [0.1, 0.15) is 0 Å². The van der Waals surface area contributed by atoms with E-state index in [0.717, 1.165) is 25.3 Å². The maximum absolute atomic E-state index is 5.82. The van der Waals surface area contributed by atoms with Gasteiger partial charge in [-0.3, -0.25) is 4.90 Å². The number of fused-ring (bicyclic) bond motifs is 1. The van der Waals surface area contributed by atoms with Crippen molar-refractivity contribution < 1.29 is 4.74 Å². The Morgan fingerprint density at radius 3 is 2.71 bits per heavy atom. The highest BCUT2D eigenvalue weighted by molar-refractivity contribution is 5.46. The fourth-order valence-corrected chi connectivity index (χ4v) is 3.00. The van der Waals surface area contributed by atoms with Gasteiger partial charge in [-0.15, -0.1) is 0 Å². The van der Waals surface area contributed by atoms with Crippen LogP contribution in [-0.4, -0.2) is 24.2 Å². The standard InChI is InChI=1S/C14H20N2O/c1-17-14(5-2-6-14)10-16-8-11-3-4-13(15)7-12(11)9-16/h3-4,7H,2,5-6,8-10,15H2,1H3. The topological polar surface area (TPSA) is 38.5 Å². The largest absolute Gasteiger partial charge is 0.399 e. The minimum absolute atomic E-state index is 0.133. The Bertz CT molecular complexity index is 421. The maximum Gasteiger partial charge on any atom is 0.0805 e. The van der Waals surface area contributed by atoms with Gasteiger partial charge in [0.25, 0.3) is 0 Å². The molecule has 1 aliphatic carbocycles. The van der Waals surface area contributed by atoms with E-state index in [1.165, 1.54) is 30.4 Å². The van der Waals surface area contributed by atoms with Crippen LogP contribution in [0.3, 0.4) is 0 Å². The van der Waals surface area contributed by atoms with Crippen molar-refractivity contribution in [1.82, 2.24) is 4.90 Å². The molecule has 0 unspecified atom stereocenters. The summed E-state index contributed by atoms with van der Waals surface area (Å²) < 4.78 is 5.69. The zero-order valence-electron chi connectivity index (χ0n) is 10.4. The number of benzene rings is 1. The van der Waals surface area contributed by atoms with Gasteiger partial charge in [-0.2, -0.15) is 0 Å². The number of anilines is 1. The monoisotopic (exact) mass is 232 g/mol. The summed E-state index contributed by atoms with van der Waals surface area (Å²) in [7, 11) is 1.85. The molecule has 1 aliphatic heterocycles. The number of nitrogens with zero attached hydrogens (tertiary/aromatic N) is 1. The molecule has 0 atom stereocenters. The summed E-state index contributed by atoms with van der Waals surface area (Å²) >= 11 is 0. The number of ether oxygens (including phenoxy) is 1. The van der Waals surface area contributed by atoms with Crippen LogP contribution in [0.15, 0.2) is 18.2 Å². The molecule has 1 aromatic rings. The second-order valence-electron chi connectivity index (χ2n) is 5.41. The number of rotatable bonds is 3. The SMILES string of the molecule is COC1(CN2Cc3ccc(N)cc3C2)CCC1. The number of hydrogen-bond acceptors (Lipinski definition) is 3. The third-order valence-electron chi connectivity index (χ3n) is 4.23. The molecule has 1 saturated carbocycles. The molecule has 0 aromatic heterocycles. The van der Waals surface area contributed by atoms with Crippen LogP contribution in [0.5, 0.6) is 0 Å². The Hall–Kier alpha value is -1.06. The van der Waals surface area contributed by atoms with Crippen molar-refractivity contribution in [2.45, 2.75) is 38.0 Å². The Labute approximate surface area is 103 Å². The average molecular weight is 232 g/mol. The van der Waals surface area contributed by atoms with Gasteiger partial charge >= 0.3 is 0 Å². The molecule has 2 N–H and O–H groups in total. The van der Waals surface area contributed by atoms with E-state index in [-0.39, 0.29) is 5.60 Å². The smallest absolute Gasteiger partial charge is 0.0805 e. The lowest BCUT2D eigenvalue weighted by Crippen LogP contribution is -2.48. The van der Waals surface area contributed by atoms with Crippen molar-refractivity contribution in [3.8, 4) is 0 Å². The predicted octanol–water partition coefficient (Wildman–Crippen LogP) is 2.15. The molecule has 3 nitrogen and oxygen atoms in total. The lowest BCUT2D eigenvalue weighted by molar-refractivity contribution is -0.0923. The Morgan fingerprint density at radius 1 is 1.29 bits per heavy atom. The van der Waals surface area contributed by atoms with Crippen LogP contribution in [0.4, 0.5) is 5.69 Å². The first-order valence-electron chi connectivity index (χ1n) is 6.36. The van der Waals surface area contributed by atoms with E-state index in [4.69, 9.17) is 10.5 Å². The van der Waals surface area contributed by atoms with Crippen molar-refractivity contribution >= 4 is 5.69 Å². The molecule has 0 bridgehead atoms. The van der Waals surface area contributed by atoms with E-state index in [1.54, 1.807) is 0 Å². The van der Waals surface area contributed by atoms with Crippen molar-refractivity contribution in [3.05, 3.63) is 29.3 Å². The van der Waals surface area contributed by atoms with Gasteiger partial charge in [-0.25, -0.2) is 0 Å². The molecule has 0 spiro atoms. The van der Waals surface area contributed by atoms with Crippen LogP contribution in [0.25, 0.3) is 0 Å². The maximum atomic E-state index is 5.82. The Kier molecular flexibility index (Phi) is 2.60. The highest BCUT2D eigenvalue weighted by Gasteiger charge is 2.39. The summed E-state index contributed by atoms with van der Waals surface area (Å²) in [4.78, 5) is 2.48. The summed E-state index contributed by atoms with van der Waals surface area (Å²) in [6, 6.07) is 6.26. The van der Waals surface area contributed by atoms with Crippen molar-refractivity contribution in [2.24, 2.45) is 0 Å². The summed E-state index contributed by atoms with van der Waals surface area (Å²) in [6.45, 7) is 3.12. The highest BCUT2D eigenvalue weighted by atomic mass is 16.5. The summed E-state index contributed by atoms with van der Waals surface area (Å²) in [6.07, 6.45) is 3.72. The second-order valence-corrected chi connectivity index (χ2v) is 5.41. The van der Waals surface area contributed by atoms with Gasteiger partial charge in [0.05, 0.1) is 5.60 Å². The summed E-state index contributed by atoms with van der Waals surface area (Å²) in [5.41, 5.74) is 9.63. The predicted molar refractivity (Wildman–Crippen MR) is 68.6 cm³/mol. The van der Waals surface area contributed by atoms with Crippen LogP contribution in [0.2, 0.25) is 0 Å². The van der Waals surface area contributed by atoms with E-state index in [9.17, 15) is 0 Å². The number of methoxy groups -OCH3 is 1. The molecule has 3 heteroatoms. The third kappa shape index (κ3) is 1.94. The van der Waals surface area contributed by atoms with Crippen LogP contribution in [-0.2, 0) is 17.8 Å². The van der Waals surface area contributed by atoms with Crippen LogP contribution in [0, 0.1) is 0 Å². The van der Waals surface area contributed by atoms with E-state index in [1.807, 2.05) is 13.2 Å². The molecule has 2 aliphatic rings. The second kappa shape index (κ2) is 4.00. The first-order valence-corrected chi connectivity index (χ1v) is 6.36. The first kappa shape index (κ1) is 11.1. The van der Waals surface area contributed by atoms with E-state index >= 15 is 0 Å². The molecule has 3 rings (SSSR count). The van der Waals surface area contributed by atoms with Crippen molar-refractivity contribution in [3.63, 3.8) is 0 Å². The lowest BCUT2D eigenvalue weighted by Gasteiger charge is -2.43. The van der Waals surface area contributed by atoms with Crippen molar-refractivity contribution in [2.75, 3.05) is 19.4 Å². The fourth-order valence-electron chi connectivity index (χ4n) is 3.00. The zero-order valence-corrected chi connectivity index (χ0v) is 10.4. The summed E-state index contributed by atoms with van der Waals surface area (Å²) in [5, 5.41) is 0. The van der Waals surface area contributed by atoms with E-state index in [2.05, 4.69) is 17.0 Å².